The van der Waals surface area contributed by atoms with E-state index < -0.39 is 6.10 Å². The van der Waals surface area contributed by atoms with Gasteiger partial charge in [0, 0.05) is 13.1 Å². The van der Waals surface area contributed by atoms with Crippen molar-refractivity contribution in [3.05, 3.63) is 58.6 Å². The van der Waals surface area contributed by atoms with Crippen LogP contribution in [-0.2, 0) is 6.54 Å². The molecule has 0 saturated carbocycles. The van der Waals surface area contributed by atoms with Crippen LogP contribution in [-0.4, -0.2) is 24.9 Å². The predicted octanol–water partition coefficient (Wildman–Crippen LogP) is 3.96. The van der Waals surface area contributed by atoms with E-state index in [0.29, 0.717) is 29.6 Å². The van der Waals surface area contributed by atoms with Crippen LogP contribution in [0, 0.1) is 0 Å². The molecule has 0 radical (unpaired) electrons. The molecule has 0 bridgehead atoms. The van der Waals surface area contributed by atoms with Gasteiger partial charge in [-0.15, -0.1) is 0 Å². The molecule has 4 nitrogen and oxygen atoms in total. The van der Waals surface area contributed by atoms with Crippen molar-refractivity contribution in [3.63, 3.8) is 0 Å². The molecule has 2 aromatic rings. The van der Waals surface area contributed by atoms with Gasteiger partial charge in [-0.1, -0.05) is 41.9 Å². The van der Waals surface area contributed by atoms with E-state index in [9.17, 15) is 5.11 Å². The van der Waals surface area contributed by atoms with Gasteiger partial charge < -0.3 is 19.9 Å². The summed E-state index contributed by atoms with van der Waals surface area (Å²) < 4.78 is 11.1. The summed E-state index contributed by atoms with van der Waals surface area (Å²) in [5, 5.41) is 13.9. The zero-order chi connectivity index (χ0) is 17.5. The average molecular weight is 350 g/mol. The van der Waals surface area contributed by atoms with Crippen LogP contribution < -0.4 is 14.8 Å². The Hall–Kier alpha value is -1.75. The molecule has 0 aliphatic carbocycles. The monoisotopic (exact) mass is 349 g/mol. The Morgan fingerprint density at radius 2 is 1.88 bits per heavy atom. The van der Waals surface area contributed by atoms with E-state index in [1.165, 1.54) is 0 Å². The van der Waals surface area contributed by atoms with Crippen molar-refractivity contribution in [2.75, 3.05) is 13.7 Å². The second kappa shape index (κ2) is 8.92. The van der Waals surface area contributed by atoms with E-state index in [0.717, 1.165) is 11.1 Å². The first kappa shape index (κ1) is 18.6. The number of ether oxygens (including phenoxy) is 2. The molecule has 0 spiro atoms. The molecule has 5 heteroatoms. The molecule has 0 saturated heterocycles. The quantitative estimate of drug-likeness (QED) is 0.757. The average Bonchev–Trinajstić information content (AvgIpc) is 2.57. The van der Waals surface area contributed by atoms with Gasteiger partial charge in [-0.05, 0) is 37.1 Å². The third kappa shape index (κ3) is 5.13. The first-order chi connectivity index (χ1) is 11.5. The topological polar surface area (TPSA) is 50.7 Å². The summed E-state index contributed by atoms with van der Waals surface area (Å²) in [5.74, 6) is 1.17. The van der Waals surface area contributed by atoms with Crippen LogP contribution >= 0.6 is 11.6 Å². The van der Waals surface area contributed by atoms with Crippen LogP contribution in [0.4, 0.5) is 0 Å². The number of nitrogens with one attached hydrogen (secondary N) is 1. The van der Waals surface area contributed by atoms with E-state index in [1.807, 2.05) is 56.3 Å². The van der Waals surface area contributed by atoms with Gasteiger partial charge in [0.25, 0.3) is 0 Å². The Kier molecular flexibility index (Phi) is 6.91. The summed E-state index contributed by atoms with van der Waals surface area (Å²) in [7, 11) is 1.59. The molecule has 2 N–H and O–H groups in total. The van der Waals surface area contributed by atoms with Gasteiger partial charge in [-0.3, -0.25) is 0 Å². The Labute approximate surface area is 148 Å². The molecule has 24 heavy (non-hydrogen) atoms. The minimum absolute atomic E-state index is 0.0152. The van der Waals surface area contributed by atoms with Gasteiger partial charge in [0.15, 0.2) is 11.5 Å². The van der Waals surface area contributed by atoms with Crippen LogP contribution in [0.1, 0.15) is 31.1 Å². The van der Waals surface area contributed by atoms with Gasteiger partial charge in [-0.2, -0.15) is 0 Å². The summed E-state index contributed by atoms with van der Waals surface area (Å²) in [6.45, 7) is 4.91. The standard InChI is InChI=1S/C19H24ClNO3/c1-13(2)24-19-16(20)9-14(10-18(19)23-3)11-21-12-17(22)15-7-5-4-6-8-15/h4-10,13,17,21-22H,11-12H2,1-3H3/t17-/m0/s1. The zero-order valence-corrected chi connectivity index (χ0v) is 15.0. The van der Waals surface area contributed by atoms with Crippen molar-refractivity contribution < 1.29 is 14.6 Å². The molecule has 0 unspecified atom stereocenters. The summed E-state index contributed by atoms with van der Waals surface area (Å²) in [6, 6.07) is 13.3. The number of rotatable bonds is 8. The van der Waals surface area contributed by atoms with E-state index in [4.69, 9.17) is 21.1 Å². The smallest absolute Gasteiger partial charge is 0.180 e. The molecule has 0 heterocycles. The predicted molar refractivity (Wildman–Crippen MR) is 96.9 cm³/mol. The second-order valence-electron chi connectivity index (χ2n) is 5.83. The fraction of sp³-hybridized carbons (Fsp3) is 0.368. The third-order valence-electron chi connectivity index (χ3n) is 3.49. The highest BCUT2D eigenvalue weighted by Crippen LogP contribution is 2.37. The Bertz CT molecular complexity index is 647. The van der Waals surface area contributed by atoms with Gasteiger partial charge in [0.05, 0.1) is 24.3 Å². The number of benzene rings is 2. The van der Waals surface area contributed by atoms with Crippen LogP contribution in [0.3, 0.4) is 0 Å². The van der Waals surface area contributed by atoms with Crippen molar-refractivity contribution >= 4 is 11.6 Å². The largest absolute Gasteiger partial charge is 0.493 e. The maximum absolute atomic E-state index is 10.2. The third-order valence-corrected chi connectivity index (χ3v) is 3.77. The molecule has 1 atom stereocenters. The van der Waals surface area contributed by atoms with Crippen LogP contribution in [0.2, 0.25) is 5.02 Å². The normalized spacial score (nSPS) is 12.2. The highest BCUT2D eigenvalue weighted by atomic mass is 35.5. The number of hydrogen-bond donors (Lipinski definition) is 2. The molecular formula is C19H24ClNO3. The summed E-state index contributed by atoms with van der Waals surface area (Å²) >= 11 is 6.31. The molecule has 0 aromatic heterocycles. The van der Waals surface area contributed by atoms with E-state index in [1.54, 1.807) is 7.11 Å². The maximum atomic E-state index is 10.2. The van der Waals surface area contributed by atoms with Crippen molar-refractivity contribution in [1.29, 1.82) is 0 Å². The summed E-state index contributed by atoms with van der Waals surface area (Å²) in [5.41, 5.74) is 1.86. The van der Waals surface area contributed by atoms with Crippen molar-refractivity contribution in [2.24, 2.45) is 0 Å². The van der Waals surface area contributed by atoms with Crippen molar-refractivity contribution in [1.82, 2.24) is 5.32 Å². The molecule has 130 valence electrons. The highest BCUT2D eigenvalue weighted by Gasteiger charge is 2.14. The molecule has 0 aliphatic heterocycles. The SMILES string of the molecule is COc1cc(CNC[C@H](O)c2ccccc2)cc(Cl)c1OC(C)C. The van der Waals surface area contributed by atoms with Crippen molar-refractivity contribution in [2.45, 2.75) is 32.6 Å². The molecule has 2 aromatic carbocycles. The number of methoxy groups -OCH3 is 1. The minimum Gasteiger partial charge on any atom is -0.493 e. The number of aliphatic hydroxyl groups is 1. The number of halogens is 1. The van der Waals surface area contributed by atoms with E-state index >= 15 is 0 Å². The van der Waals surface area contributed by atoms with Crippen molar-refractivity contribution in [3.8, 4) is 11.5 Å². The van der Waals surface area contributed by atoms with Crippen LogP contribution in [0.15, 0.2) is 42.5 Å². The van der Waals surface area contributed by atoms with Gasteiger partial charge in [0.2, 0.25) is 0 Å². The lowest BCUT2D eigenvalue weighted by atomic mass is 10.1. The summed E-state index contributed by atoms with van der Waals surface area (Å²) in [6.07, 6.45) is -0.534. The molecule has 0 amide bonds. The Balaban J connectivity index is 1.99. The molecular weight excluding hydrogens is 326 g/mol. The highest BCUT2D eigenvalue weighted by molar-refractivity contribution is 6.32. The first-order valence-electron chi connectivity index (χ1n) is 7.98. The summed E-state index contributed by atoms with van der Waals surface area (Å²) in [4.78, 5) is 0. The molecule has 0 fully saturated rings. The van der Waals surface area contributed by atoms with Gasteiger partial charge in [0.1, 0.15) is 0 Å². The Morgan fingerprint density at radius 3 is 2.50 bits per heavy atom. The lowest BCUT2D eigenvalue weighted by molar-refractivity contribution is 0.174. The zero-order valence-electron chi connectivity index (χ0n) is 14.3. The lowest BCUT2D eigenvalue weighted by Gasteiger charge is -2.17. The molecule has 0 aliphatic rings. The molecule has 2 rings (SSSR count). The fourth-order valence-corrected chi connectivity index (χ4v) is 2.65. The van der Waals surface area contributed by atoms with Gasteiger partial charge >= 0.3 is 0 Å². The fourth-order valence-electron chi connectivity index (χ4n) is 2.37. The first-order valence-corrected chi connectivity index (χ1v) is 8.36. The number of hydrogen-bond acceptors (Lipinski definition) is 4. The lowest BCUT2D eigenvalue weighted by Crippen LogP contribution is -2.21. The van der Waals surface area contributed by atoms with E-state index in [-0.39, 0.29) is 6.10 Å². The van der Waals surface area contributed by atoms with Crippen LogP contribution in [0.5, 0.6) is 11.5 Å². The minimum atomic E-state index is -0.549. The second-order valence-corrected chi connectivity index (χ2v) is 6.24. The maximum Gasteiger partial charge on any atom is 0.180 e. The Morgan fingerprint density at radius 1 is 1.17 bits per heavy atom. The number of aliphatic hydroxyl groups excluding tert-OH is 1. The van der Waals surface area contributed by atoms with Gasteiger partial charge in [-0.25, -0.2) is 0 Å². The van der Waals surface area contributed by atoms with E-state index in [2.05, 4.69) is 5.32 Å². The van der Waals surface area contributed by atoms with Crippen LogP contribution in [0.25, 0.3) is 0 Å².